The number of carboxylic acids is 1. The number of primary amides is 1. The largest absolute Gasteiger partial charge is 0.479 e. The lowest BCUT2D eigenvalue weighted by molar-refractivity contribution is -0.142. The molecule has 0 bridgehead atoms. The summed E-state index contributed by atoms with van der Waals surface area (Å²) in [6.45, 7) is -0.698. The van der Waals surface area contributed by atoms with Crippen LogP contribution < -0.4 is 11.5 Å². The van der Waals surface area contributed by atoms with Gasteiger partial charge in [-0.05, 0) is 0 Å². The number of rotatable bonds is 5. The lowest BCUT2D eigenvalue weighted by Crippen LogP contribution is -2.26. The predicted octanol–water partition coefficient (Wildman–Crippen LogP) is -1.59. The van der Waals surface area contributed by atoms with Crippen LogP contribution in [0, 0.1) is 0 Å². The molecular weight excluding hydrogens is 238 g/mol. The predicted molar refractivity (Wildman–Crippen MR) is 53.6 cm³/mol. The summed E-state index contributed by atoms with van der Waals surface area (Å²) in [7, 11) is 0. The number of nitrogen functional groups attached to an aromatic ring is 1. The fourth-order valence-corrected chi connectivity index (χ4v) is 1.11. The van der Waals surface area contributed by atoms with Crippen molar-refractivity contribution in [3.63, 3.8) is 0 Å². The number of aliphatic carboxylic acids is 1. The SMILES string of the molecule is NC(=O)C(=NOCC(=O)O)c1nsc(N)n1. The van der Waals surface area contributed by atoms with Gasteiger partial charge in [0.1, 0.15) is 0 Å². The van der Waals surface area contributed by atoms with E-state index in [1.165, 1.54) is 0 Å². The molecule has 9 nitrogen and oxygen atoms in total. The molecule has 0 fully saturated rings. The van der Waals surface area contributed by atoms with Gasteiger partial charge >= 0.3 is 5.97 Å². The molecule has 1 amide bonds. The van der Waals surface area contributed by atoms with Gasteiger partial charge in [-0.2, -0.15) is 9.36 Å². The summed E-state index contributed by atoms with van der Waals surface area (Å²) in [4.78, 5) is 29.1. The molecule has 0 radical (unpaired) electrons. The van der Waals surface area contributed by atoms with Crippen molar-refractivity contribution in [3.8, 4) is 0 Å². The molecule has 0 aromatic carbocycles. The second-order valence-corrected chi connectivity index (χ2v) is 3.21. The summed E-state index contributed by atoms with van der Waals surface area (Å²) < 4.78 is 3.68. The van der Waals surface area contributed by atoms with E-state index in [0.29, 0.717) is 0 Å². The van der Waals surface area contributed by atoms with Gasteiger partial charge in [0.05, 0.1) is 0 Å². The van der Waals surface area contributed by atoms with Crippen LogP contribution in [0.15, 0.2) is 5.16 Å². The molecule has 0 aliphatic heterocycles. The monoisotopic (exact) mass is 245 g/mol. The van der Waals surface area contributed by atoms with Crippen LogP contribution in [-0.4, -0.2) is 38.7 Å². The highest BCUT2D eigenvalue weighted by Gasteiger charge is 2.17. The Bertz CT molecular complexity index is 442. The summed E-state index contributed by atoms with van der Waals surface area (Å²) in [6.07, 6.45) is 0. The van der Waals surface area contributed by atoms with Crippen LogP contribution in [0.25, 0.3) is 0 Å². The number of hydrogen-bond donors (Lipinski definition) is 3. The van der Waals surface area contributed by atoms with Crippen LogP contribution in [0.1, 0.15) is 5.82 Å². The van der Waals surface area contributed by atoms with Gasteiger partial charge in [-0.15, -0.1) is 0 Å². The number of aromatic nitrogens is 2. The maximum Gasteiger partial charge on any atom is 0.344 e. The molecule has 86 valence electrons. The molecule has 0 atom stereocenters. The van der Waals surface area contributed by atoms with Crippen molar-refractivity contribution >= 4 is 34.3 Å². The Labute approximate surface area is 92.9 Å². The van der Waals surface area contributed by atoms with Gasteiger partial charge < -0.3 is 21.4 Å². The molecule has 0 aliphatic carbocycles. The first-order chi connectivity index (χ1) is 7.50. The second kappa shape index (κ2) is 5.02. The van der Waals surface area contributed by atoms with Gasteiger partial charge in [0.2, 0.25) is 18.1 Å². The van der Waals surface area contributed by atoms with Crippen LogP contribution in [0.3, 0.4) is 0 Å². The van der Waals surface area contributed by atoms with E-state index in [1.807, 2.05) is 0 Å². The molecule has 0 spiro atoms. The summed E-state index contributed by atoms with van der Waals surface area (Å²) in [6, 6.07) is 0. The Balaban J connectivity index is 2.83. The van der Waals surface area contributed by atoms with Crippen LogP contribution >= 0.6 is 11.5 Å². The topological polar surface area (TPSA) is 154 Å². The number of hydrogen-bond acceptors (Lipinski definition) is 8. The molecule has 0 aliphatic rings. The summed E-state index contributed by atoms with van der Waals surface area (Å²) in [5.41, 5.74) is 9.90. The molecule has 1 rings (SSSR count). The molecule has 1 aromatic heterocycles. The maximum atomic E-state index is 10.9. The van der Waals surface area contributed by atoms with E-state index in [9.17, 15) is 9.59 Å². The van der Waals surface area contributed by atoms with Crippen molar-refractivity contribution < 1.29 is 19.5 Å². The molecule has 0 unspecified atom stereocenters. The van der Waals surface area contributed by atoms with Crippen molar-refractivity contribution in [2.45, 2.75) is 0 Å². The van der Waals surface area contributed by atoms with Crippen molar-refractivity contribution in [2.24, 2.45) is 10.9 Å². The van der Waals surface area contributed by atoms with Crippen molar-refractivity contribution in [3.05, 3.63) is 5.82 Å². The molecular formula is C6H7N5O4S. The minimum atomic E-state index is -1.24. The third kappa shape index (κ3) is 3.16. The van der Waals surface area contributed by atoms with Crippen molar-refractivity contribution in [2.75, 3.05) is 12.3 Å². The second-order valence-electron chi connectivity index (χ2n) is 2.43. The van der Waals surface area contributed by atoms with E-state index in [2.05, 4.69) is 19.4 Å². The van der Waals surface area contributed by atoms with Crippen LogP contribution in [0.4, 0.5) is 5.13 Å². The standard InChI is InChI=1S/C6H7N5O4S/c7-4(14)3(10-15-1-2(12)13)5-9-6(8)16-11-5/h1H2,(H2,7,14)(H,12,13)(H2,8,9,11). The van der Waals surface area contributed by atoms with Gasteiger partial charge in [0, 0.05) is 11.5 Å². The first kappa shape index (κ1) is 11.8. The van der Waals surface area contributed by atoms with E-state index in [-0.39, 0.29) is 16.7 Å². The summed E-state index contributed by atoms with van der Waals surface area (Å²) in [5, 5.41) is 11.6. The summed E-state index contributed by atoms with van der Waals surface area (Å²) in [5.74, 6) is -2.28. The Kier molecular flexibility index (Phi) is 3.72. The van der Waals surface area contributed by atoms with Crippen LogP contribution in [-0.2, 0) is 14.4 Å². The molecule has 0 saturated carbocycles. The highest BCUT2D eigenvalue weighted by Crippen LogP contribution is 2.06. The number of carboxylic acid groups (broad SMARTS) is 1. The minimum absolute atomic E-state index is 0.0969. The van der Waals surface area contributed by atoms with E-state index < -0.39 is 18.5 Å². The zero-order valence-corrected chi connectivity index (χ0v) is 8.60. The fraction of sp³-hybridized carbons (Fsp3) is 0.167. The number of amides is 1. The smallest absolute Gasteiger partial charge is 0.344 e. The van der Waals surface area contributed by atoms with E-state index in [1.54, 1.807) is 0 Å². The third-order valence-electron chi connectivity index (χ3n) is 1.23. The minimum Gasteiger partial charge on any atom is -0.479 e. The molecule has 10 heteroatoms. The first-order valence-corrected chi connectivity index (χ1v) is 4.59. The highest BCUT2D eigenvalue weighted by molar-refractivity contribution is 7.09. The number of carbonyl (C=O) groups is 2. The van der Waals surface area contributed by atoms with Gasteiger partial charge in [-0.3, -0.25) is 4.79 Å². The van der Waals surface area contributed by atoms with E-state index >= 15 is 0 Å². The number of oxime groups is 1. The number of nitrogens with zero attached hydrogens (tertiary/aromatic N) is 3. The quantitative estimate of drug-likeness (QED) is 0.417. The van der Waals surface area contributed by atoms with Crippen molar-refractivity contribution in [1.82, 2.24) is 9.36 Å². The van der Waals surface area contributed by atoms with Gasteiger partial charge in [-0.1, -0.05) is 5.16 Å². The van der Waals surface area contributed by atoms with Crippen LogP contribution in [0.2, 0.25) is 0 Å². The average molecular weight is 245 g/mol. The fourth-order valence-electron chi connectivity index (χ4n) is 0.679. The van der Waals surface area contributed by atoms with E-state index in [0.717, 1.165) is 11.5 Å². The lowest BCUT2D eigenvalue weighted by atomic mass is 10.3. The molecule has 0 saturated heterocycles. The molecule has 16 heavy (non-hydrogen) atoms. The Morgan fingerprint density at radius 2 is 2.25 bits per heavy atom. The number of nitrogens with two attached hydrogens (primary N) is 2. The number of anilines is 1. The highest BCUT2D eigenvalue weighted by atomic mass is 32.1. The van der Waals surface area contributed by atoms with Gasteiger partial charge in [-0.25, -0.2) is 4.79 Å². The number of carbonyl (C=O) groups excluding carboxylic acids is 1. The summed E-state index contributed by atoms with van der Waals surface area (Å²) >= 11 is 0.846. The average Bonchev–Trinajstić information content (AvgIpc) is 2.58. The zero-order chi connectivity index (χ0) is 12.1. The van der Waals surface area contributed by atoms with Gasteiger partial charge in [0.25, 0.3) is 5.91 Å². The Morgan fingerprint density at radius 3 is 2.69 bits per heavy atom. The zero-order valence-electron chi connectivity index (χ0n) is 7.78. The van der Waals surface area contributed by atoms with Gasteiger partial charge in [0.15, 0.2) is 5.13 Å². The molecule has 5 N–H and O–H groups in total. The normalized spacial score (nSPS) is 11.1. The molecule has 1 aromatic rings. The van der Waals surface area contributed by atoms with Crippen molar-refractivity contribution in [1.29, 1.82) is 0 Å². The van der Waals surface area contributed by atoms with E-state index in [4.69, 9.17) is 16.6 Å². The third-order valence-corrected chi connectivity index (χ3v) is 1.77. The lowest BCUT2D eigenvalue weighted by Gasteiger charge is -1.97. The Hall–Kier alpha value is -2.23. The molecule has 1 heterocycles. The Morgan fingerprint density at radius 1 is 1.56 bits per heavy atom. The first-order valence-electron chi connectivity index (χ1n) is 3.82. The maximum absolute atomic E-state index is 10.9. The van der Waals surface area contributed by atoms with Crippen LogP contribution in [0.5, 0.6) is 0 Å².